The molecule has 2 aromatic carbocycles. The number of halogens is 1. The fourth-order valence-electron chi connectivity index (χ4n) is 2.57. The second kappa shape index (κ2) is 6.93. The zero-order valence-electron chi connectivity index (χ0n) is 13.2. The third-order valence-corrected chi connectivity index (χ3v) is 3.99. The number of para-hydroxylation sites is 2. The van der Waals surface area contributed by atoms with E-state index in [1.165, 1.54) is 4.90 Å². The van der Waals surface area contributed by atoms with Crippen molar-refractivity contribution in [2.24, 2.45) is 0 Å². The predicted octanol–water partition coefficient (Wildman–Crippen LogP) is 2.77. The van der Waals surface area contributed by atoms with Gasteiger partial charge >= 0.3 is 0 Å². The lowest BCUT2D eigenvalue weighted by Crippen LogP contribution is -2.48. The number of hydrogen-bond acceptors (Lipinski definition) is 3. The van der Waals surface area contributed by atoms with Gasteiger partial charge in [-0.15, -0.1) is 0 Å². The summed E-state index contributed by atoms with van der Waals surface area (Å²) in [5, 5.41) is 3.43. The maximum Gasteiger partial charge on any atom is 0.268 e. The van der Waals surface area contributed by atoms with Crippen LogP contribution >= 0.6 is 11.6 Å². The summed E-state index contributed by atoms with van der Waals surface area (Å²) in [5.41, 5.74) is 1.51. The Morgan fingerprint density at radius 3 is 2.83 bits per heavy atom. The Morgan fingerprint density at radius 1 is 1.25 bits per heavy atom. The fraction of sp³-hybridized carbons (Fsp3) is 0.222. The molecule has 1 unspecified atom stereocenters. The standard InChI is InChI=1S/C18H17ClN2O3/c1-12-18(23)21(15-7-2-3-8-16(15)24-12)11-17(22)20-10-13-5-4-6-14(19)9-13/h2-9,12H,10-11H2,1H3,(H,20,22). The number of amides is 2. The normalized spacial score (nSPS) is 16.3. The van der Waals surface area contributed by atoms with E-state index in [4.69, 9.17) is 16.3 Å². The average Bonchev–Trinajstić information content (AvgIpc) is 2.57. The molecule has 0 radical (unpaired) electrons. The highest BCUT2D eigenvalue weighted by atomic mass is 35.5. The molecule has 0 saturated heterocycles. The maximum atomic E-state index is 12.3. The fourth-order valence-corrected chi connectivity index (χ4v) is 2.78. The highest BCUT2D eigenvalue weighted by molar-refractivity contribution is 6.30. The van der Waals surface area contributed by atoms with Gasteiger partial charge in [0.2, 0.25) is 5.91 Å². The Bertz CT molecular complexity index is 778. The molecule has 6 heteroatoms. The molecule has 1 aliphatic heterocycles. The van der Waals surface area contributed by atoms with E-state index in [-0.39, 0.29) is 18.4 Å². The molecule has 1 N–H and O–H groups in total. The van der Waals surface area contributed by atoms with Gasteiger partial charge in [0.25, 0.3) is 5.91 Å². The van der Waals surface area contributed by atoms with Crippen molar-refractivity contribution in [3.63, 3.8) is 0 Å². The van der Waals surface area contributed by atoms with Gasteiger partial charge in [-0.25, -0.2) is 0 Å². The molecule has 0 saturated carbocycles. The van der Waals surface area contributed by atoms with Crippen molar-refractivity contribution >= 4 is 29.1 Å². The van der Waals surface area contributed by atoms with Crippen LogP contribution in [0.1, 0.15) is 12.5 Å². The topological polar surface area (TPSA) is 58.6 Å². The second-order valence-electron chi connectivity index (χ2n) is 5.56. The summed E-state index contributed by atoms with van der Waals surface area (Å²) in [5.74, 6) is 0.131. The first kappa shape index (κ1) is 16.3. The molecule has 1 atom stereocenters. The Morgan fingerprint density at radius 2 is 2.04 bits per heavy atom. The molecular formula is C18H17ClN2O3. The quantitative estimate of drug-likeness (QED) is 0.927. The molecule has 0 fully saturated rings. The molecule has 24 heavy (non-hydrogen) atoms. The number of rotatable bonds is 4. The lowest BCUT2D eigenvalue weighted by atomic mass is 10.2. The van der Waals surface area contributed by atoms with E-state index < -0.39 is 6.10 Å². The van der Waals surface area contributed by atoms with Gasteiger partial charge in [-0.1, -0.05) is 35.9 Å². The second-order valence-corrected chi connectivity index (χ2v) is 6.00. The van der Waals surface area contributed by atoms with Crippen LogP contribution in [-0.4, -0.2) is 24.5 Å². The Hall–Kier alpha value is -2.53. The minimum atomic E-state index is -0.611. The number of carbonyl (C=O) groups is 2. The summed E-state index contributed by atoms with van der Waals surface area (Å²) in [7, 11) is 0. The summed E-state index contributed by atoms with van der Waals surface area (Å²) in [6.07, 6.45) is -0.611. The molecule has 2 amide bonds. The van der Waals surface area contributed by atoms with Crippen LogP contribution in [0.4, 0.5) is 5.69 Å². The van der Waals surface area contributed by atoms with Crippen LogP contribution in [0, 0.1) is 0 Å². The van der Waals surface area contributed by atoms with Crippen LogP contribution in [-0.2, 0) is 16.1 Å². The van der Waals surface area contributed by atoms with Crippen LogP contribution in [0.15, 0.2) is 48.5 Å². The van der Waals surface area contributed by atoms with Gasteiger partial charge in [-0.3, -0.25) is 14.5 Å². The van der Waals surface area contributed by atoms with Gasteiger partial charge in [0.1, 0.15) is 12.3 Å². The third kappa shape index (κ3) is 3.51. The van der Waals surface area contributed by atoms with Gasteiger partial charge in [0, 0.05) is 11.6 Å². The summed E-state index contributed by atoms with van der Waals surface area (Å²) < 4.78 is 5.56. The van der Waals surface area contributed by atoms with Gasteiger partial charge in [0.15, 0.2) is 6.10 Å². The van der Waals surface area contributed by atoms with Crippen LogP contribution < -0.4 is 15.0 Å². The maximum absolute atomic E-state index is 12.3. The lowest BCUT2D eigenvalue weighted by Gasteiger charge is -2.32. The number of nitrogens with zero attached hydrogens (tertiary/aromatic N) is 1. The van der Waals surface area contributed by atoms with Crippen molar-refractivity contribution in [1.82, 2.24) is 5.32 Å². The molecule has 1 aliphatic rings. The zero-order valence-corrected chi connectivity index (χ0v) is 13.9. The first-order chi connectivity index (χ1) is 11.5. The Kier molecular flexibility index (Phi) is 4.71. The molecule has 2 aromatic rings. The minimum Gasteiger partial charge on any atom is -0.479 e. The van der Waals surface area contributed by atoms with E-state index in [9.17, 15) is 9.59 Å². The Labute approximate surface area is 145 Å². The van der Waals surface area contributed by atoms with E-state index in [0.717, 1.165) is 5.56 Å². The van der Waals surface area contributed by atoms with Crippen LogP contribution in [0.5, 0.6) is 5.75 Å². The average molecular weight is 345 g/mol. The molecular weight excluding hydrogens is 328 g/mol. The van der Waals surface area contributed by atoms with Crippen molar-refractivity contribution in [3.05, 3.63) is 59.1 Å². The monoisotopic (exact) mass is 344 g/mol. The van der Waals surface area contributed by atoms with Crippen molar-refractivity contribution in [1.29, 1.82) is 0 Å². The first-order valence-electron chi connectivity index (χ1n) is 7.63. The Balaban J connectivity index is 1.68. The summed E-state index contributed by atoms with van der Waals surface area (Å²) in [4.78, 5) is 26.1. The SMILES string of the molecule is CC1Oc2ccccc2N(CC(=O)NCc2cccc(Cl)c2)C1=O. The predicted molar refractivity (Wildman–Crippen MR) is 92.2 cm³/mol. The van der Waals surface area contributed by atoms with Crippen LogP contribution in [0.2, 0.25) is 5.02 Å². The van der Waals surface area contributed by atoms with Gasteiger partial charge in [-0.2, -0.15) is 0 Å². The summed E-state index contributed by atoms with van der Waals surface area (Å²) in [6, 6.07) is 14.5. The zero-order chi connectivity index (χ0) is 17.1. The number of nitrogens with one attached hydrogen (secondary N) is 1. The molecule has 1 heterocycles. The molecule has 124 valence electrons. The van der Waals surface area contributed by atoms with Crippen molar-refractivity contribution < 1.29 is 14.3 Å². The lowest BCUT2D eigenvalue weighted by molar-refractivity contribution is -0.128. The number of hydrogen-bond donors (Lipinski definition) is 1. The number of benzene rings is 2. The smallest absolute Gasteiger partial charge is 0.268 e. The molecule has 0 spiro atoms. The van der Waals surface area contributed by atoms with E-state index in [0.29, 0.717) is 23.0 Å². The molecule has 5 nitrogen and oxygen atoms in total. The molecule has 0 aromatic heterocycles. The van der Waals surface area contributed by atoms with Crippen molar-refractivity contribution in [2.75, 3.05) is 11.4 Å². The van der Waals surface area contributed by atoms with E-state index in [1.807, 2.05) is 24.3 Å². The van der Waals surface area contributed by atoms with Gasteiger partial charge in [-0.05, 0) is 36.8 Å². The molecule has 3 rings (SSSR count). The highest BCUT2D eigenvalue weighted by Crippen LogP contribution is 2.33. The van der Waals surface area contributed by atoms with E-state index >= 15 is 0 Å². The molecule has 0 bridgehead atoms. The summed E-state index contributed by atoms with van der Waals surface area (Å²) >= 11 is 5.93. The minimum absolute atomic E-state index is 0.0515. The van der Waals surface area contributed by atoms with Crippen LogP contribution in [0.25, 0.3) is 0 Å². The van der Waals surface area contributed by atoms with Gasteiger partial charge in [0.05, 0.1) is 5.69 Å². The summed E-state index contributed by atoms with van der Waals surface area (Å²) in [6.45, 7) is 1.98. The molecule has 0 aliphatic carbocycles. The van der Waals surface area contributed by atoms with Crippen molar-refractivity contribution in [3.8, 4) is 5.75 Å². The number of carbonyl (C=O) groups excluding carboxylic acids is 2. The van der Waals surface area contributed by atoms with Gasteiger partial charge < -0.3 is 10.1 Å². The third-order valence-electron chi connectivity index (χ3n) is 3.75. The first-order valence-corrected chi connectivity index (χ1v) is 8.00. The van der Waals surface area contributed by atoms with E-state index in [1.54, 1.807) is 31.2 Å². The number of fused-ring (bicyclic) bond motifs is 1. The van der Waals surface area contributed by atoms with E-state index in [2.05, 4.69) is 5.32 Å². The van der Waals surface area contributed by atoms with Crippen LogP contribution in [0.3, 0.4) is 0 Å². The largest absolute Gasteiger partial charge is 0.479 e. The van der Waals surface area contributed by atoms with Crippen molar-refractivity contribution in [2.45, 2.75) is 19.6 Å². The number of ether oxygens (including phenoxy) is 1. The number of anilines is 1. The highest BCUT2D eigenvalue weighted by Gasteiger charge is 2.32.